The minimum atomic E-state index is -0.334. The molecule has 0 bridgehead atoms. The van der Waals surface area contributed by atoms with Gasteiger partial charge in [0.25, 0.3) is 0 Å². The van der Waals surface area contributed by atoms with E-state index in [1.165, 1.54) is 0 Å². The molecule has 0 N–H and O–H groups in total. The third-order valence-corrected chi connectivity index (χ3v) is 4.59. The minimum Gasteiger partial charge on any atom is -0.423 e. The maximum atomic E-state index is 12.6. The summed E-state index contributed by atoms with van der Waals surface area (Å²) in [7, 11) is 0. The molecule has 1 saturated heterocycles. The average Bonchev–Trinajstić information content (AvgIpc) is 3.17. The molecule has 112 valence electrons. The SMILES string of the molecule is Cc1nnc([C@@H]2CN(C(=O)[C@@H](C)c3cccs3)CCO2)o1. The van der Waals surface area contributed by atoms with Gasteiger partial charge in [0.05, 0.1) is 19.1 Å². The maximum absolute atomic E-state index is 12.6. The first kappa shape index (κ1) is 14.2. The second-order valence-electron chi connectivity index (χ2n) is 5.04. The zero-order chi connectivity index (χ0) is 14.8. The summed E-state index contributed by atoms with van der Waals surface area (Å²) in [4.78, 5) is 15.5. The van der Waals surface area contributed by atoms with E-state index < -0.39 is 0 Å². The molecule has 6 nitrogen and oxygen atoms in total. The fourth-order valence-corrected chi connectivity index (χ4v) is 3.15. The van der Waals surface area contributed by atoms with Crippen LogP contribution in [0.25, 0.3) is 0 Å². The molecule has 0 saturated carbocycles. The number of thiophene rings is 1. The summed E-state index contributed by atoms with van der Waals surface area (Å²) in [5.74, 6) is 0.924. The molecular formula is C14H17N3O3S. The Labute approximate surface area is 126 Å². The standard InChI is InChI=1S/C14H17N3O3S/c1-9(12-4-3-7-21-12)14(18)17-5-6-19-11(8-17)13-16-15-10(2)20-13/h3-4,7,9,11H,5-6,8H2,1-2H3/t9-,11-/m0/s1. The van der Waals surface area contributed by atoms with Crippen LogP contribution in [0, 0.1) is 6.92 Å². The monoisotopic (exact) mass is 307 g/mol. The lowest BCUT2D eigenvalue weighted by molar-refractivity contribution is -0.141. The molecule has 3 heterocycles. The molecule has 0 spiro atoms. The fraction of sp³-hybridized carbons (Fsp3) is 0.500. The first-order valence-electron chi connectivity index (χ1n) is 6.89. The lowest BCUT2D eigenvalue weighted by Crippen LogP contribution is -2.44. The number of aryl methyl sites for hydroxylation is 1. The molecule has 2 aromatic rings. The number of hydrogen-bond acceptors (Lipinski definition) is 6. The van der Waals surface area contributed by atoms with E-state index in [1.807, 2.05) is 29.3 Å². The first-order valence-corrected chi connectivity index (χ1v) is 7.77. The number of aromatic nitrogens is 2. The van der Waals surface area contributed by atoms with Crippen molar-refractivity contribution in [1.82, 2.24) is 15.1 Å². The summed E-state index contributed by atoms with van der Waals surface area (Å²) in [6, 6.07) is 3.96. The van der Waals surface area contributed by atoms with Crippen molar-refractivity contribution in [2.24, 2.45) is 0 Å². The Morgan fingerprint density at radius 2 is 2.38 bits per heavy atom. The summed E-state index contributed by atoms with van der Waals surface area (Å²) in [6.07, 6.45) is -0.334. The average molecular weight is 307 g/mol. The Bertz CT molecular complexity index is 611. The van der Waals surface area contributed by atoms with Gasteiger partial charge in [0.2, 0.25) is 17.7 Å². The molecule has 7 heteroatoms. The molecule has 1 amide bonds. The number of ether oxygens (including phenoxy) is 1. The number of nitrogens with zero attached hydrogens (tertiary/aromatic N) is 3. The highest BCUT2D eigenvalue weighted by atomic mass is 32.1. The van der Waals surface area contributed by atoms with Crippen molar-refractivity contribution >= 4 is 17.2 Å². The van der Waals surface area contributed by atoms with Crippen molar-refractivity contribution in [3.8, 4) is 0 Å². The van der Waals surface area contributed by atoms with Gasteiger partial charge >= 0.3 is 0 Å². The van der Waals surface area contributed by atoms with Crippen molar-refractivity contribution in [3.63, 3.8) is 0 Å². The smallest absolute Gasteiger partial charge is 0.246 e. The van der Waals surface area contributed by atoms with Gasteiger partial charge in [0, 0.05) is 18.3 Å². The molecule has 1 fully saturated rings. The van der Waals surface area contributed by atoms with Gasteiger partial charge in [-0.1, -0.05) is 6.07 Å². The highest BCUT2D eigenvalue weighted by Gasteiger charge is 2.31. The second-order valence-corrected chi connectivity index (χ2v) is 6.02. The van der Waals surface area contributed by atoms with Crippen LogP contribution in [-0.4, -0.2) is 40.7 Å². The largest absolute Gasteiger partial charge is 0.423 e. The van der Waals surface area contributed by atoms with Crippen LogP contribution in [0.3, 0.4) is 0 Å². The van der Waals surface area contributed by atoms with Crippen LogP contribution in [-0.2, 0) is 9.53 Å². The molecule has 2 atom stereocenters. The van der Waals surface area contributed by atoms with Gasteiger partial charge in [0.1, 0.15) is 0 Å². The van der Waals surface area contributed by atoms with Gasteiger partial charge in [0.15, 0.2) is 6.10 Å². The number of morpholine rings is 1. The quantitative estimate of drug-likeness (QED) is 0.869. The van der Waals surface area contributed by atoms with Crippen molar-refractivity contribution < 1.29 is 13.9 Å². The summed E-state index contributed by atoms with van der Waals surface area (Å²) in [5, 5.41) is 9.78. The summed E-state index contributed by atoms with van der Waals surface area (Å²) in [6.45, 7) is 5.21. The maximum Gasteiger partial charge on any atom is 0.246 e. The lowest BCUT2D eigenvalue weighted by atomic mass is 10.1. The van der Waals surface area contributed by atoms with Crippen LogP contribution in [0.5, 0.6) is 0 Å². The van der Waals surface area contributed by atoms with Gasteiger partial charge in [-0.25, -0.2) is 0 Å². The van der Waals surface area contributed by atoms with E-state index in [0.29, 0.717) is 31.5 Å². The summed E-state index contributed by atoms with van der Waals surface area (Å²) >= 11 is 1.60. The molecule has 1 aliphatic rings. The second kappa shape index (κ2) is 5.95. The van der Waals surface area contributed by atoms with Gasteiger partial charge in [-0.05, 0) is 18.4 Å². The molecule has 2 aromatic heterocycles. The van der Waals surface area contributed by atoms with E-state index >= 15 is 0 Å². The molecule has 0 aromatic carbocycles. The molecule has 0 unspecified atom stereocenters. The van der Waals surface area contributed by atoms with E-state index in [4.69, 9.17) is 9.15 Å². The van der Waals surface area contributed by atoms with Gasteiger partial charge in [-0.2, -0.15) is 0 Å². The normalized spacial score (nSPS) is 20.5. The number of rotatable bonds is 3. The number of hydrogen-bond donors (Lipinski definition) is 0. The van der Waals surface area contributed by atoms with Crippen molar-refractivity contribution in [2.45, 2.75) is 25.9 Å². The third-order valence-electron chi connectivity index (χ3n) is 3.54. The number of carbonyl (C=O) groups excluding carboxylic acids is 1. The number of carbonyl (C=O) groups is 1. The molecule has 1 aliphatic heterocycles. The Morgan fingerprint density at radius 1 is 1.52 bits per heavy atom. The molecular weight excluding hydrogens is 290 g/mol. The number of amides is 1. The Kier molecular flexibility index (Phi) is 4.03. The van der Waals surface area contributed by atoms with E-state index in [9.17, 15) is 4.79 Å². The summed E-state index contributed by atoms with van der Waals surface area (Å²) < 4.78 is 11.0. The van der Waals surface area contributed by atoms with Crippen LogP contribution >= 0.6 is 11.3 Å². The van der Waals surface area contributed by atoms with Crippen LogP contribution < -0.4 is 0 Å². The van der Waals surface area contributed by atoms with E-state index in [2.05, 4.69) is 10.2 Å². The minimum absolute atomic E-state index is 0.113. The van der Waals surface area contributed by atoms with Gasteiger partial charge in [-0.15, -0.1) is 21.5 Å². The van der Waals surface area contributed by atoms with E-state index in [0.717, 1.165) is 4.88 Å². The highest BCUT2D eigenvalue weighted by molar-refractivity contribution is 7.10. The zero-order valence-corrected chi connectivity index (χ0v) is 12.8. The fourth-order valence-electron chi connectivity index (χ4n) is 2.37. The zero-order valence-electron chi connectivity index (χ0n) is 12.0. The van der Waals surface area contributed by atoms with E-state index in [-0.39, 0.29) is 17.9 Å². The van der Waals surface area contributed by atoms with E-state index in [1.54, 1.807) is 18.3 Å². The van der Waals surface area contributed by atoms with Crippen LogP contribution in [0.1, 0.15) is 35.6 Å². The van der Waals surface area contributed by atoms with Crippen molar-refractivity contribution in [2.75, 3.05) is 19.7 Å². The van der Waals surface area contributed by atoms with Crippen molar-refractivity contribution in [3.05, 3.63) is 34.2 Å². The van der Waals surface area contributed by atoms with Gasteiger partial charge < -0.3 is 14.1 Å². The Hall–Kier alpha value is -1.73. The van der Waals surface area contributed by atoms with Gasteiger partial charge in [-0.3, -0.25) is 4.79 Å². The van der Waals surface area contributed by atoms with Crippen molar-refractivity contribution in [1.29, 1.82) is 0 Å². The summed E-state index contributed by atoms with van der Waals surface area (Å²) in [5.41, 5.74) is 0. The molecule has 3 rings (SSSR count). The first-order chi connectivity index (χ1) is 10.1. The van der Waals surface area contributed by atoms with Crippen LogP contribution in [0.4, 0.5) is 0 Å². The highest BCUT2D eigenvalue weighted by Crippen LogP contribution is 2.26. The Morgan fingerprint density at radius 3 is 3.05 bits per heavy atom. The molecule has 0 aliphatic carbocycles. The predicted octanol–water partition coefficient (Wildman–Crippen LogP) is 2.14. The predicted molar refractivity (Wildman–Crippen MR) is 77.0 cm³/mol. The Balaban J connectivity index is 1.69. The third kappa shape index (κ3) is 2.98. The topological polar surface area (TPSA) is 68.5 Å². The molecule has 0 radical (unpaired) electrons. The van der Waals surface area contributed by atoms with Crippen LogP contribution in [0.2, 0.25) is 0 Å². The van der Waals surface area contributed by atoms with Crippen LogP contribution in [0.15, 0.2) is 21.9 Å². The lowest BCUT2D eigenvalue weighted by Gasteiger charge is -2.32. The molecule has 21 heavy (non-hydrogen) atoms.